The number of carboxylic acids is 1. The molecule has 0 spiro atoms. The third-order valence-corrected chi connectivity index (χ3v) is 5.22. The highest BCUT2D eigenvalue weighted by atomic mass is 79.9. The molecule has 0 atom stereocenters. The molecule has 2 aromatic rings. The van der Waals surface area contributed by atoms with Crippen LogP contribution in [-0.4, -0.2) is 23.1 Å². The zero-order chi connectivity index (χ0) is 17.1. The van der Waals surface area contributed by atoms with Gasteiger partial charge in [0.15, 0.2) is 0 Å². The lowest BCUT2D eigenvalue weighted by atomic mass is 9.86. The van der Waals surface area contributed by atoms with E-state index in [0.29, 0.717) is 25.7 Å². The standard InChI is InChI=1S/C18H19BrN2O3/c19-15-9-10-16(14-4-2-1-3-13(14)15)21-18(24)20-12-7-5-11(6-8-12)17(22)23/h1-4,9-12H,5-8H2,(H,22,23)(H2,20,21,24). The van der Waals surface area contributed by atoms with E-state index in [1.54, 1.807) is 0 Å². The molecular weight excluding hydrogens is 372 g/mol. The van der Waals surface area contributed by atoms with E-state index in [1.807, 2.05) is 36.4 Å². The van der Waals surface area contributed by atoms with Crippen molar-refractivity contribution >= 4 is 44.4 Å². The molecule has 1 aliphatic rings. The van der Waals surface area contributed by atoms with Gasteiger partial charge in [-0.1, -0.05) is 40.2 Å². The molecule has 0 unspecified atom stereocenters. The zero-order valence-electron chi connectivity index (χ0n) is 13.1. The van der Waals surface area contributed by atoms with Gasteiger partial charge in [0, 0.05) is 15.9 Å². The lowest BCUT2D eigenvalue weighted by Crippen LogP contribution is -2.41. The number of anilines is 1. The van der Waals surface area contributed by atoms with Crippen molar-refractivity contribution in [3.63, 3.8) is 0 Å². The smallest absolute Gasteiger partial charge is 0.319 e. The third-order valence-electron chi connectivity index (χ3n) is 4.53. The molecule has 2 amide bonds. The first kappa shape index (κ1) is 16.8. The average molecular weight is 391 g/mol. The van der Waals surface area contributed by atoms with E-state index in [9.17, 15) is 9.59 Å². The summed E-state index contributed by atoms with van der Waals surface area (Å²) in [7, 11) is 0. The Bertz CT molecular complexity index is 770. The summed E-state index contributed by atoms with van der Waals surface area (Å²) in [5.41, 5.74) is 0.755. The van der Waals surface area contributed by atoms with Crippen molar-refractivity contribution in [2.45, 2.75) is 31.7 Å². The van der Waals surface area contributed by atoms with Gasteiger partial charge in [0.05, 0.1) is 11.6 Å². The molecule has 0 saturated heterocycles. The SMILES string of the molecule is O=C(Nc1ccc(Br)c2ccccc12)NC1CCC(C(=O)O)CC1. The summed E-state index contributed by atoms with van der Waals surface area (Å²) in [6, 6.07) is 11.4. The molecule has 1 saturated carbocycles. The Morgan fingerprint density at radius 3 is 2.33 bits per heavy atom. The second-order valence-electron chi connectivity index (χ2n) is 6.13. The molecule has 0 aromatic heterocycles. The number of carbonyl (C=O) groups is 2. The summed E-state index contributed by atoms with van der Waals surface area (Å²) < 4.78 is 0.982. The molecule has 6 heteroatoms. The fourth-order valence-electron chi connectivity index (χ4n) is 3.20. The van der Waals surface area contributed by atoms with Crippen molar-refractivity contribution in [1.82, 2.24) is 5.32 Å². The minimum atomic E-state index is -0.737. The number of aliphatic carboxylic acids is 1. The summed E-state index contributed by atoms with van der Waals surface area (Å²) in [6.07, 6.45) is 2.62. The van der Waals surface area contributed by atoms with Crippen LogP contribution in [0.5, 0.6) is 0 Å². The molecule has 5 nitrogen and oxygen atoms in total. The fraction of sp³-hybridized carbons (Fsp3) is 0.333. The van der Waals surface area contributed by atoms with Gasteiger partial charge >= 0.3 is 12.0 Å². The van der Waals surface area contributed by atoms with E-state index in [4.69, 9.17) is 5.11 Å². The highest BCUT2D eigenvalue weighted by Crippen LogP contribution is 2.30. The summed E-state index contributed by atoms with van der Waals surface area (Å²) in [4.78, 5) is 23.2. The number of carbonyl (C=O) groups excluding carboxylic acids is 1. The van der Waals surface area contributed by atoms with Gasteiger partial charge in [0.25, 0.3) is 0 Å². The van der Waals surface area contributed by atoms with Crippen molar-refractivity contribution in [3.05, 3.63) is 40.9 Å². The quantitative estimate of drug-likeness (QED) is 0.727. The highest BCUT2D eigenvalue weighted by molar-refractivity contribution is 9.10. The Kier molecular flexibility index (Phi) is 5.04. The van der Waals surface area contributed by atoms with Gasteiger partial charge in [0.2, 0.25) is 0 Å². The highest BCUT2D eigenvalue weighted by Gasteiger charge is 2.26. The van der Waals surface area contributed by atoms with Crippen LogP contribution in [0.4, 0.5) is 10.5 Å². The van der Waals surface area contributed by atoms with Crippen LogP contribution in [0.2, 0.25) is 0 Å². The van der Waals surface area contributed by atoms with Crippen LogP contribution in [0.1, 0.15) is 25.7 Å². The molecule has 0 bridgehead atoms. The number of urea groups is 1. The Labute approximate surface area is 148 Å². The average Bonchev–Trinajstić information content (AvgIpc) is 2.58. The number of fused-ring (bicyclic) bond motifs is 1. The minimum Gasteiger partial charge on any atom is -0.481 e. The van der Waals surface area contributed by atoms with Crippen LogP contribution in [0.25, 0.3) is 10.8 Å². The molecule has 3 rings (SSSR count). The van der Waals surface area contributed by atoms with E-state index in [-0.39, 0.29) is 18.0 Å². The molecule has 1 fully saturated rings. The monoisotopic (exact) mass is 390 g/mol. The lowest BCUT2D eigenvalue weighted by Gasteiger charge is -2.27. The van der Waals surface area contributed by atoms with Gasteiger partial charge in [-0.2, -0.15) is 0 Å². The molecule has 0 radical (unpaired) electrons. The van der Waals surface area contributed by atoms with E-state index in [2.05, 4.69) is 26.6 Å². The van der Waals surface area contributed by atoms with E-state index in [1.165, 1.54) is 0 Å². The predicted octanol–water partition coefficient (Wildman–Crippen LogP) is 4.37. The van der Waals surface area contributed by atoms with Crippen LogP contribution < -0.4 is 10.6 Å². The topological polar surface area (TPSA) is 78.4 Å². The van der Waals surface area contributed by atoms with E-state index >= 15 is 0 Å². The maximum atomic E-state index is 12.3. The summed E-state index contributed by atoms with van der Waals surface area (Å²) >= 11 is 3.52. The number of nitrogens with one attached hydrogen (secondary N) is 2. The second-order valence-corrected chi connectivity index (χ2v) is 6.98. The van der Waals surface area contributed by atoms with Gasteiger partial charge in [-0.15, -0.1) is 0 Å². The van der Waals surface area contributed by atoms with Crippen molar-refractivity contribution in [3.8, 4) is 0 Å². The van der Waals surface area contributed by atoms with Crippen molar-refractivity contribution < 1.29 is 14.7 Å². The summed E-state index contributed by atoms with van der Waals surface area (Å²) in [5.74, 6) is -1.01. The Morgan fingerprint density at radius 1 is 1.00 bits per heavy atom. The molecule has 2 aromatic carbocycles. The Hall–Kier alpha value is -2.08. The predicted molar refractivity (Wildman–Crippen MR) is 97.2 cm³/mol. The summed E-state index contributed by atoms with van der Waals surface area (Å²) in [6.45, 7) is 0. The number of hydrogen-bond acceptors (Lipinski definition) is 2. The molecular formula is C18H19BrN2O3. The number of carboxylic acid groups (broad SMARTS) is 1. The normalized spacial score (nSPS) is 20.5. The summed E-state index contributed by atoms with van der Waals surface area (Å²) in [5, 5.41) is 16.9. The first-order valence-corrected chi connectivity index (χ1v) is 8.81. The molecule has 0 aliphatic heterocycles. The first-order chi connectivity index (χ1) is 11.5. The van der Waals surface area contributed by atoms with Gasteiger partial charge in [-0.3, -0.25) is 4.79 Å². The van der Waals surface area contributed by atoms with Crippen molar-refractivity contribution in [2.24, 2.45) is 5.92 Å². The van der Waals surface area contributed by atoms with Crippen LogP contribution >= 0.6 is 15.9 Å². The van der Waals surface area contributed by atoms with E-state index < -0.39 is 5.97 Å². The molecule has 1 aliphatic carbocycles. The number of amides is 2. The number of halogens is 1. The van der Waals surface area contributed by atoms with Gasteiger partial charge in [0.1, 0.15) is 0 Å². The number of hydrogen-bond donors (Lipinski definition) is 3. The molecule has 0 heterocycles. The molecule has 3 N–H and O–H groups in total. The maximum Gasteiger partial charge on any atom is 0.319 e. The van der Waals surface area contributed by atoms with Crippen LogP contribution in [-0.2, 0) is 4.79 Å². The lowest BCUT2D eigenvalue weighted by molar-refractivity contribution is -0.142. The van der Waals surface area contributed by atoms with Gasteiger partial charge < -0.3 is 15.7 Å². The first-order valence-electron chi connectivity index (χ1n) is 8.02. The maximum absolute atomic E-state index is 12.3. The molecule has 126 valence electrons. The van der Waals surface area contributed by atoms with Crippen LogP contribution in [0.3, 0.4) is 0 Å². The van der Waals surface area contributed by atoms with Crippen molar-refractivity contribution in [1.29, 1.82) is 0 Å². The number of benzene rings is 2. The molecule has 24 heavy (non-hydrogen) atoms. The van der Waals surface area contributed by atoms with Gasteiger partial charge in [-0.05, 0) is 43.2 Å². The van der Waals surface area contributed by atoms with Gasteiger partial charge in [-0.25, -0.2) is 4.79 Å². The Balaban J connectivity index is 1.64. The zero-order valence-corrected chi connectivity index (χ0v) is 14.7. The van der Waals surface area contributed by atoms with Crippen LogP contribution in [0.15, 0.2) is 40.9 Å². The third kappa shape index (κ3) is 3.70. The van der Waals surface area contributed by atoms with Crippen molar-refractivity contribution in [2.75, 3.05) is 5.32 Å². The second kappa shape index (κ2) is 7.21. The Morgan fingerprint density at radius 2 is 1.67 bits per heavy atom. The largest absolute Gasteiger partial charge is 0.481 e. The minimum absolute atomic E-state index is 0.0299. The number of rotatable bonds is 3. The van der Waals surface area contributed by atoms with E-state index in [0.717, 1.165) is 20.9 Å². The fourth-order valence-corrected chi connectivity index (χ4v) is 3.68. The van der Waals surface area contributed by atoms with Crippen LogP contribution in [0, 0.1) is 5.92 Å².